The fourth-order valence-electron chi connectivity index (χ4n) is 1.85. The largest absolute Gasteiger partial charge is 0.444 e. The Hall–Kier alpha value is -2.83. The molecule has 0 bridgehead atoms. The van der Waals surface area contributed by atoms with Gasteiger partial charge < -0.3 is 14.4 Å². The average Bonchev–Trinajstić information content (AvgIpc) is 2.50. The molecule has 2 amide bonds. The van der Waals surface area contributed by atoms with Gasteiger partial charge in [-0.2, -0.15) is 0 Å². The Morgan fingerprint density at radius 1 is 1.28 bits per heavy atom. The number of esters is 1. The number of benzene rings is 1. The van der Waals surface area contributed by atoms with Crippen LogP contribution < -0.4 is 10.1 Å². The van der Waals surface area contributed by atoms with Gasteiger partial charge in [0.15, 0.2) is 0 Å². The first kappa shape index (κ1) is 20.2. The van der Waals surface area contributed by atoms with Crippen molar-refractivity contribution in [2.24, 2.45) is 0 Å². The predicted molar refractivity (Wildman–Crippen MR) is 94.4 cm³/mol. The first-order valence-corrected chi connectivity index (χ1v) is 7.86. The van der Waals surface area contributed by atoms with E-state index < -0.39 is 17.7 Å². The van der Waals surface area contributed by atoms with Gasteiger partial charge in [-0.1, -0.05) is 12.6 Å². The summed E-state index contributed by atoms with van der Waals surface area (Å²) in [5.74, 6) is -0.688. The summed E-state index contributed by atoms with van der Waals surface area (Å²) in [5.41, 5.74) is -0.191. The lowest BCUT2D eigenvalue weighted by atomic mass is 10.2. The second-order valence-corrected chi connectivity index (χ2v) is 6.19. The molecule has 0 aliphatic rings. The smallest absolute Gasteiger partial charge is 0.412 e. The van der Waals surface area contributed by atoms with Gasteiger partial charge in [-0.25, -0.2) is 9.59 Å². The van der Waals surface area contributed by atoms with E-state index in [1.807, 2.05) is 0 Å². The van der Waals surface area contributed by atoms with Crippen molar-refractivity contribution in [3.63, 3.8) is 0 Å². The Labute approximate surface area is 147 Å². The molecule has 7 nitrogen and oxygen atoms in total. The minimum Gasteiger partial charge on any atom is -0.444 e. The van der Waals surface area contributed by atoms with Crippen molar-refractivity contribution in [3.05, 3.63) is 36.9 Å². The minimum atomic E-state index is -0.616. The number of ether oxygens (including phenoxy) is 2. The lowest BCUT2D eigenvalue weighted by Crippen LogP contribution is -2.36. The Balaban J connectivity index is 2.68. The molecule has 0 aromatic heterocycles. The fraction of sp³-hybridized carbons (Fsp3) is 0.389. The van der Waals surface area contributed by atoms with Crippen LogP contribution in [0.3, 0.4) is 0 Å². The zero-order valence-electron chi connectivity index (χ0n) is 15.0. The second kappa shape index (κ2) is 8.86. The van der Waals surface area contributed by atoms with Gasteiger partial charge >= 0.3 is 12.1 Å². The van der Waals surface area contributed by atoms with Gasteiger partial charge in [0, 0.05) is 18.3 Å². The fourth-order valence-corrected chi connectivity index (χ4v) is 1.85. The van der Waals surface area contributed by atoms with Gasteiger partial charge in [0.1, 0.15) is 17.9 Å². The number of carbonyl (C=O) groups excluding carboxylic acids is 3. The molecule has 0 atom stereocenters. The number of nitrogens with zero attached hydrogens (tertiary/aromatic N) is 1. The maximum absolute atomic E-state index is 12.0. The lowest BCUT2D eigenvalue weighted by molar-refractivity contribution is -0.140. The lowest BCUT2D eigenvalue weighted by Gasteiger charge is -2.20. The summed E-state index contributed by atoms with van der Waals surface area (Å²) in [7, 11) is 0. The first-order chi connectivity index (χ1) is 11.6. The summed E-state index contributed by atoms with van der Waals surface area (Å²) < 4.78 is 10.4. The van der Waals surface area contributed by atoms with Gasteiger partial charge in [-0.05, 0) is 45.9 Å². The summed E-state index contributed by atoms with van der Waals surface area (Å²) in [4.78, 5) is 36.6. The third-order valence-corrected chi connectivity index (χ3v) is 2.90. The molecule has 1 aromatic rings. The van der Waals surface area contributed by atoms with Gasteiger partial charge in [0.05, 0.1) is 0 Å². The van der Waals surface area contributed by atoms with Crippen molar-refractivity contribution in [1.82, 2.24) is 4.90 Å². The van der Waals surface area contributed by atoms with Crippen LogP contribution in [0.25, 0.3) is 0 Å². The van der Waals surface area contributed by atoms with Crippen molar-refractivity contribution in [1.29, 1.82) is 0 Å². The van der Waals surface area contributed by atoms with Crippen molar-refractivity contribution in [2.45, 2.75) is 33.3 Å². The van der Waals surface area contributed by atoms with Crippen molar-refractivity contribution in [2.75, 3.05) is 18.4 Å². The van der Waals surface area contributed by atoms with Crippen LogP contribution in [-0.4, -0.2) is 41.6 Å². The maximum atomic E-state index is 12.0. The van der Waals surface area contributed by atoms with Gasteiger partial charge in [0.25, 0.3) is 0 Å². The highest BCUT2D eigenvalue weighted by Gasteiger charge is 2.17. The summed E-state index contributed by atoms with van der Waals surface area (Å²) in [6.45, 7) is 10.6. The molecule has 1 rings (SSSR count). The van der Waals surface area contributed by atoms with Crippen LogP contribution in [0, 0.1) is 0 Å². The number of anilines is 1. The maximum Gasteiger partial charge on any atom is 0.412 e. The number of carbonyl (C=O) groups is 3. The third-order valence-electron chi connectivity index (χ3n) is 2.90. The normalized spacial score (nSPS) is 10.6. The molecule has 0 radical (unpaired) electrons. The highest BCUT2D eigenvalue weighted by Crippen LogP contribution is 2.19. The molecule has 1 aromatic carbocycles. The van der Waals surface area contributed by atoms with E-state index in [1.165, 1.54) is 11.0 Å². The summed E-state index contributed by atoms with van der Waals surface area (Å²) in [6.07, 6.45) is 0.534. The number of amides is 2. The van der Waals surface area contributed by atoms with E-state index in [1.54, 1.807) is 45.9 Å². The molecule has 0 saturated carbocycles. The molecule has 25 heavy (non-hydrogen) atoms. The Kier molecular flexibility index (Phi) is 7.17. The third kappa shape index (κ3) is 7.52. The predicted octanol–water partition coefficient (Wildman–Crippen LogP) is 2.97. The molecule has 1 N–H and O–H groups in total. The van der Waals surface area contributed by atoms with Crippen LogP contribution in [0.15, 0.2) is 36.9 Å². The van der Waals surface area contributed by atoms with E-state index in [-0.39, 0.29) is 18.2 Å². The summed E-state index contributed by atoms with van der Waals surface area (Å²) >= 11 is 0. The molecule has 0 fully saturated rings. The molecule has 0 aliphatic heterocycles. The topological polar surface area (TPSA) is 84.9 Å². The highest BCUT2D eigenvalue weighted by molar-refractivity contribution is 5.90. The van der Waals surface area contributed by atoms with Crippen LogP contribution in [0.5, 0.6) is 5.75 Å². The van der Waals surface area contributed by atoms with Crippen molar-refractivity contribution in [3.8, 4) is 5.75 Å². The van der Waals surface area contributed by atoms with Crippen LogP contribution in [0.2, 0.25) is 0 Å². The van der Waals surface area contributed by atoms with E-state index >= 15 is 0 Å². The van der Waals surface area contributed by atoms with E-state index in [0.29, 0.717) is 12.2 Å². The van der Waals surface area contributed by atoms with Crippen LogP contribution >= 0.6 is 0 Å². The number of nitrogens with one attached hydrogen (secondary N) is 1. The molecular weight excluding hydrogens is 324 g/mol. The molecule has 0 aliphatic carbocycles. The standard InChI is InChI=1S/C18H24N2O5/c1-6-15(21)20(7-2)12-16(22)24-14-10-8-9-13(11-14)19-17(23)25-18(3,4)5/h6,8-11H,1,7,12H2,2-5H3,(H,19,23). The van der Waals surface area contributed by atoms with E-state index in [2.05, 4.69) is 11.9 Å². The molecule has 0 spiro atoms. The second-order valence-electron chi connectivity index (χ2n) is 6.19. The highest BCUT2D eigenvalue weighted by atomic mass is 16.6. The van der Waals surface area contributed by atoms with E-state index in [9.17, 15) is 14.4 Å². The minimum absolute atomic E-state index is 0.189. The van der Waals surface area contributed by atoms with Gasteiger partial charge in [0.2, 0.25) is 5.91 Å². The molecule has 0 saturated heterocycles. The molecule has 7 heteroatoms. The number of rotatable bonds is 6. The number of likely N-dealkylation sites (N-methyl/N-ethyl adjacent to an activating group) is 1. The number of hydrogen-bond acceptors (Lipinski definition) is 5. The zero-order chi connectivity index (χ0) is 19.0. The average molecular weight is 348 g/mol. The molecule has 136 valence electrons. The molecule has 0 heterocycles. The Morgan fingerprint density at radius 3 is 2.52 bits per heavy atom. The zero-order valence-corrected chi connectivity index (χ0v) is 15.0. The van der Waals surface area contributed by atoms with Gasteiger partial charge in [-0.3, -0.25) is 10.1 Å². The quantitative estimate of drug-likeness (QED) is 0.485. The molecular formula is C18H24N2O5. The van der Waals surface area contributed by atoms with Crippen LogP contribution in [-0.2, 0) is 14.3 Å². The van der Waals surface area contributed by atoms with E-state index in [4.69, 9.17) is 9.47 Å². The SMILES string of the molecule is C=CC(=O)N(CC)CC(=O)Oc1cccc(NC(=O)OC(C)(C)C)c1. The Morgan fingerprint density at radius 2 is 1.96 bits per heavy atom. The first-order valence-electron chi connectivity index (χ1n) is 7.86. The summed E-state index contributed by atoms with van der Waals surface area (Å²) in [6, 6.07) is 6.33. The number of hydrogen-bond donors (Lipinski definition) is 1. The van der Waals surface area contributed by atoms with Crippen LogP contribution in [0.4, 0.5) is 10.5 Å². The molecule has 0 unspecified atom stereocenters. The van der Waals surface area contributed by atoms with Crippen molar-refractivity contribution < 1.29 is 23.9 Å². The van der Waals surface area contributed by atoms with Crippen molar-refractivity contribution >= 4 is 23.7 Å². The monoisotopic (exact) mass is 348 g/mol. The van der Waals surface area contributed by atoms with Crippen LogP contribution in [0.1, 0.15) is 27.7 Å². The van der Waals surface area contributed by atoms with Gasteiger partial charge in [-0.15, -0.1) is 0 Å². The van der Waals surface area contributed by atoms with E-state index in [0.717, 1.165) is 6.08 Å². The Bertz CT molecular complexity index is 649. The summed E-state index contributed by atoms with van der Waals surface area (Å²) in [5, 5.41) is 2.56.